The summed E-state index contributed by atoms with van der Waals surface area (Å²) in [4.78, 5) is 30.1. The molecule has 7 heteroatoms. The molecule has 1 aliphatic rings. The molecule has 1 saturated carbocycles. The highest BCUT2D eigenvalue weighted by molar-refractivity contribution is 7.17. The molecule has 0 aliphatic heterocycles. The van der Waals surface area contributed by atoms with E-state index < -0.39 is 0 Å². The largest absolute Gasteiger partial charge is 0.371 e. The van der Waals surface area contributed by atoms with Crippen LogP contribution in [0.5, 0.6) is 0 Å². The summed E-state index contributed by atoms with van der Waals surface area (Å²) >= 11 is 1.19. The summed E-state index contributed by atoms with van der Waals surface area (Å²) in [6.07, 6.45) is 2.83. The average Bonchev–Trinajstić information content (AvgIpc) is 3.39. The number of rotatable bonds is 7. The van der Waals surface area contributed by atoms with Crippen molar-refractivity contribution in [2.75, 3.05) is 5.32 Å². The third-order valence-corrected chi connectivity index (χ3v) is 6.41. The SMILES string of the molecule is Cc1nc(NC(=O)c2ccccc2)sc1C(=O)N[C@H]1CCC[C@@H]1OCc1ccccc1. The van der Waals surface area contributed by atoms with Gasteiger partial charge in [-0.15, -0.1) is 0 Å². The van der Waals surface area contributed by atoms with Gasteiger partial charge in [0.2, 0.25) is 0 Å². The maximum absolute atomic E-state index is 12.9. The Bertz CT molecular complexity index is 1040. The van der Waals surface area contributed by atoms with Crippen molar-refractivity contribution in [2.45, 2.75) is 44.9 Å². The summed E-state index contributed by atoms with van der Waals surface area (Å²) in [5, 5.41) is 6.31. The predicted octanol–water partition coefficient (Wildman–Crippen LogP) is 4.57. The van der Waals surface area contributed by atoms with Crippen LogP contribution in [0.2, 0.25) is 0 Å². The van der Waals surface area contributed by atoms with Crippen molar-refractivity contribution in [2.24, 2.45) is 0 Å². The average molecular weight is 436 g/mol. The number of hydrogen-bond acceptors (Lipinski definition) is 5. The van der Waals surface area contributed by atoms with Crippen LogP contribution in [0.3, 0.4) is 0 Å². The fraction of sp³-hybridized carbons (Fsp3) is 0.292. The van der Waals surface area contributed by atoms with Crippen molar-refractivity contribution in [3.63, 3.8) is 0 Å². The molecule has 1 heterocycles. The number of benzene rings is 2. The van der Waals surface area contributed by atoms with Gasteiger partial charge in [-0.05, 0) is 43.9 Å². The molecule has 0 spiro atoms. The van der Waals surface area contributed by atoms with Gasteiger partial charge >= 0.3 is 0 Å². The molecule has 0 bridgehead atoms. The number of thiazole rings is 1. The van der Waals surface area contributed by atoms with E-state index in [-0.39, 0.29) is 24.0 Å². The van der Waals surface area contributed by atoms with Gasteiger partial charge in [0.15, 0.2) is 5.13 Å². The smallest absolute Gasteiger partial charge is 0.263 e. The number of ether oxygens (including phenoxy) is 1. The summed E-state index contributed by atoms with van der Waals surface area (Å²) in [6.45, 7) is 2.31. The molecule has 160 valence electrons. The minimum atomic E-state index is -0.244. The Labute approximate surface area is 185 Å². The lowest BCUT2D eigenvalue weighted by Crippen LogP contribution is -2.41. The van der Waals surface area contributed by atoms with E-state index in [1.54, 1.807) is 31.2 Å². The second kappa shape index (κ2) is 9.85. The van der Waals surface area contributed by atoms with Crippen molar-refractivity contribution >= 4 is 28.3 Å². The van der Waals surface area contributed by atoms with Crippen LogP contribution < -0.4 is 10.6 Å². The van der Waals surface area contributed by atoms with Crippen molar-refractivity contribution in [3.8, 4) is 0 Å². The Hall–Kier alpha value is -3.03. The number of carbonyl (C=O) groups excluding carboxylic acids is 2. The Morgan fingerprint density at radius 2 is 1.74 bits per heavy atom. The fourth-order valence-corrected chi connectivity index (χ4v) is 4.59. The van der Waals surface area contributed by atoms with Crippen LogP contribution in [0.15, 0.2) is 60.7 Å². The highest BCUT2D eigenvalue weighted by atomic mass is 32.1. The van der Waals surface area contributed by atoms with Gasteiger partial charge in [-0.2, -0.15) is 0 Å². The molecule has 0 saturated heterocycles. The van der Waals surface area contributed by atoms with E-state index in [1.165, 1.54) is 11.3 Å². The molecular formula is C24H25N3O3S. The topological polar surface area (TPSA) is 80.3 Å². The van der Waals surface area contributed by atoms with Gasteiger partial charge in [-0.3, -0.25) is 14.9 Å². The van der Waals surface area contributed by atoms with E-state index in [9.17, 15) is 9.59 Å². The highest BCUT2D eigenvalue weighted by Crippen LogP contribution is 2.26. The lowest BCUT2D eigenvalue weighted by molar-refractivity contribution is 0.0272. The quantitative estimate of drug-likeness (QED) is 0.570. The summed E-state index contributed by atoms with van der Waals surface area (Å²) in [5.74, 6) is -0.415. The summed E-state index contributed by atoms with van der Waals surface area (Å²) in [5.41, 5.74) is 2.27. The van der Waals surface area contributed by atoms with Gasteiger partial charge in [-0.1, -0.05) is 59.9 Å². The molecular weight excluding hydrogens is 410 g/mol. The van der Waals surface area contributed by atoms with E-state index in [1.807, 2.05) is 36.4 Å². The van der Waals surface area contributed by atoms with Gasteiger partial charge in [-0.25, -0.2) is 4.98 Å². The maximum atomic E-state index is 12.9. The number of anilines is 1. The van der Waals surface area contributed by atoms with Gasteiger partial charge < -0.3 is 10.1 Å². The van der Waals surface area contributed by atoms with E-state index in [0.29, 0.717) is 27.9 Å². The summed E-state index contributed by atoms with van der Waals surface area (Å²) in [7, 11) is 0. The van der Waals surface area contributed by atoms with Gasteiger partial charge in [0.05, 0.1) is 24.4 Å². The lowest BCUT2D eigenvalue weighted by Gasteiger charge is -2.21. The molecule has 1 fully saturated rings. The number of nitrogens with zero attached hydrogens (tertiary/aromatic N) is 1. The molecule has 2 amide bonds. The van der Waals surface area contributed by atoms with Crippen molar-refractivity contribution < 1.29 is 14.3 Å². The first-order chi connectivity index (χ1) is 15.1. The molecule has 2 N–H and O–H groups in total. The lowest BCUT2D eigenvalue weighted by atomic mass is 10.2. The molecule has 31 heavy (non-hydrogen) atoms. The van der Waals surface area contributed by atoms with Crippen LogP contribution in [0.25, 0.3) is 0 Å². The summed E-state index contributed by atoms with van der Waals surface area (Å²) in [6, 6.07) is 18.9. The zero-order valence-corrected chi connectivity index (χ0v) is 18.2. The van der Waals surface area contributed by atoms with Gasteiger partial charge in [0.1, 0.15) is 4.88 Å². The minimum Gasteiger partial charge on any atom is -0.371 e. The van der Waals surface area contributed by atoms with Gasteiger partial charge in [0, 0.05) is 5.56 Å². The Balaban J connectivity index is 1.36. The maximum Gasteiger partial charge on any atom is 0.263 e. The summed E-state index contributed by atoms with van der Waals surface area (Å²) < 4.78 is 6.09. The molecule has 0 radical (unpaired) electrons. The normalized spacial score (nSPS) is 18.0. The second-order valence-electron chi connectivity index (χ2n) is 7.60. The highest BCUT2D eigenvalue weighted by Gasteiger charge is 2.30. The molecule has 6 nitrogen and oxygen atoms in total. The number of amides is 2. The van der Waals surface area contributed by atoms with E-state index >= 15 is 0 Å². The monoisotopic (exact) mass is 435 g/mol. The van der Waals surface area contributed by atoms with Crippen LogP contribution in [-0.2, 0) is 11.3 Å². The van der Waals surface area contributed by atoms with Crippen molar-refractivity contribution in [1.82, 2.24) is 10.3 Å². The minimum absolute atomic E-state index is 0.00497. The Morgan fingerprint density at radius 1 is 1.03 bits per heavy atom. The third-order valence-electron chi connectivity index (χ3n) is 5.34. The molecule has 4 rings (SSSR count). The number of carbonyl (C=O) groups is 2. The zero-order valence-electron chi connectivity index (χ0n) is 17.3. The van der Waals surface area contributed by atoms with Crippen LogP contribution in [0.1, 0.15) is 50.5 Å². The first-order valence-corrected chi connectivity index (χ1v) is 11.2. The van der Waals surface area contributed by atoms with E-state index in [4.69, 9.17) is 4.74 Å². The molecule has 2 aromatic carbocycles. The van der Waals surface area contributed by atoms with Gasteiger partial charge in [0.25, 0.3) is 11.8 Å². The van der Waals surface area contributed by atoms with Crippen LogP contribution in [0.4, 0.5) is 5.13 Å². The fourth-order valence-electron chi connectivity index (χ4n) is 3.72. The second-order valence-corrected chi connectivity index (χ2v) is 8.60. The molecule has 2 atom stereocenters. The van der Waals surface area contributed by atoms with E-state index in [2.05, 4.69) is 15.6 Å². The van der Waals surface area contributed by atoms with E-state index in [0.717, 1.165) is 24.8 Å². The van der Waals surface area contributed by atoms with Crippen LogP contribution in [-0.4, -0.2) is 28.9 Å². The first kappa shape index (κ1) is 21.2. The Kier molecular flexibility index (Phi) is 6.74. The van der Waals surface area contributed by atoms with Crippen LogP contribution in [0, 0.1) is 6.92 Å². The molecule has 1 aromatic heterocycles. The Morgan fingerprint density at radius 3 is 2.48 bits per heavy atom. The molecule has 0 unspecified atom stereocenters. The van der Waals surface area contributed by atoms with Crippen LogP contribution >= 0.6 is 11.3 Å². The predicted molar refractivity (Wildman–Crippen MR) is 121 cm³/mol. The standard InChI is InChI=1S/C24H25N3O3S/c1-16-21(31-24(25-16)27-22(28)18-11-6-3-7-12-18)23(29)26-19-13-8-14-20(19)30-15-17-9-4-2-5-10-17/h2-7,9-12,19-20H,8,13-15H2,1H3,(H,26,29)(H,25,27,28)/t19-,20-/m0/s1. The molecule has 3 aromatic rings. The number of hydrogen-bond donors (Lipinski definition) is 2. The van der Waals surface area contributed by atoms with Crippen molar-refractivity contribution in [3.05, 3.63) is 82.4 Å². The number of nitrogens with one attached hydrogen (secondary N) is 2. The zero-order chi connectivity index (χ0) is 21.6. The first-order valence-electron chi connectivity index (χ1n) is 10.4. The van der Waals surface area contributed by atoms with Crippen molar-refractivity contribution in [1.29, 1.82) is 0 Å². The molecule has 1 aliphatic carbocycles. The third kappa shape index (κ3) is 5.37. The number of aromatic nitrogens is 1. The number of aryl methyl sites for hydroxylation is 1.